The van der Waals surface area contributed by atoms with Gasteiger partial charge in [0, 0.05) is 0 Å². The monoisotopic (exact) mass is 268 g/mol. The van der Waals surface area contributed by atoms with Gasteiger partial charge in [-0.1, -0.05) is 0 Å². The molecule has 3 nitrogen and oxygen atoms in total. The van der Waals surface area contributed by atoms with E-state index in [1.807, 2.05) is 0 Å². The fourth-order valence-electron chi connectivity index (χ4n) is 0.0577. The predicted molar refractivity (Wildman–Crippen MR) is 31.9 cm³/mol. The molecule has 0 spiro atoms. The molecule has 0 aromatic carbocycles. The summed E-state index contributed by atoms with van der Waals surface area (Å²) in [6.07, 6.45) is -0.954. The van der Waals surface area contributed by atoms with Gasteiger partial charge in [-0.3, -0.25) is 0 Å². The van der Waals surface area contributed by atoms with Gasteiger partial charge in [0.1, 0.15) is 6.10 Å². The van der Waals surface area contributed by atoms with Crippen LogP contribution >= 0.6 is 19.1 Å². The Kier molecular flexibility index (Phi) is 16.8. The Balaban J connectivity index is 0. The van der Waals surface area contributed by atoms with Crippen LogP contribution in [-0.4, -0.2) is 34.6 Å². The summed E-state index contributed by atoms with van der Waals surface area (Å²) in [7, 11) is 9.63. The first-order valence-electron chi connectivity index (χ1n) is 1.95. The van der Waals surface area contributed by atoms with Crippen LogP contribution in [0.15, 0.2) is 0 Å². The topological polar surface area (TPSA) is 60.7 Å². The molecule has 0 saturated carbocycles. The van der Waals surface area contributed by atoms with Crippen molar-refractivity contribution in [2.24, 2.45) is 0 Å². The molecule has 0 saturated heterocycles. The molecule has 6 heteroatoms. The summed E-state index contributed by atoms with van der Waals surface area (Å²) in [6.45, 7) is -0.729. The van der Waals surface area contributed by atoms with Gasteiger partial charge >= 0.3 is 35.0 Å². The molecular formula is C3H8Cl2O3Pd. The Morgan fingerprint density at radius 3 is 1.44 bits per heavy atom. The third kappa shape index (κ3) is 17.6. The van der Waals surface area contributed by atoms with E-state index in [1.165, 1.54) is 0 Å². The maximum atomic E-state index is 8.17. The van der Waals surface area contributed by atoms with E-state index in [-0.39, 0.29) is 29.2 Å². The van der Waals surface area contributed by atoms with E-state index >= 15 is 0 Å². The molecule has 0 amide bonds. The summed E-state index contributed by atoms with van der Waals surface area (Å²) < 4.78 is 0. The van der Waals surface area contributed by atoms with Crippen molar-refractivity contribution in [3.05, 3.63) is 0 Å². The number of hydrogen-bond acceptors (Lipinski definition) is 3. The van der Waals surface area contributed by atoms with Crippen LogP contribution in [0.25, 0.3) is 0 Å². The predicted octanol–water partition coefficient (Wildman–Crippen LogP) is -0.292. The van der Waals surface area contributed by atoms with Crippen LogP contribution in [0.3, 0.4) is 0 Å². The van der Waals surface area contributed by atoms with Crippen LogP contribution in [0.1, 0.15) is 0 Å². The average molecular weight is 269 g/mol. The van der Waals surface area contributed by atoms with E-state index in [0.29, 0.717) is 0 Å². The van der Waals surface area contributed by atoms with E-state index in [2.05, 4.69) is 0 Å². The summed E-state index contributed by atoms with van der Waals surface area (Å²) in [5.74, 6) is 0. The molecule has 0 unspecified atom stereocenters. The van der Waals surface area contributed by atoms with Crippen molar-refractivity contribution in [3.63, 3.8) is 0 Å². The summed E-state index contributed by atoms with van der Waals surface area (Å²) >= 11 is -0.106. The van der Waals surface area contributed by atoms with Crippen LogP contribution in [0, 0.1) is 0 Å². The number of hydrogen-bond donors (Lipinski definition) is 3. The Morgan fingerprint density at radius 2 is 1.44 bits per heavy atom. The second-order valence-electron chi connectivity index (χ2n) is 1.06. The first-order valence-corrected chi connectivity index (χ1v) is 5.95. The second-order valence-corrected chi connectivity index (χ2v) is 3.42. The Morgan fingerprint density at radius 1 is 1.22 bits per heavy atom. The Hall–Kier alpha value is 1.12. The molecule has 0 aliphatic rings. The Bertz CT molecular complexity index is 44.0. The second kappa shape index (κ2) is 11.9. The number of aliphatic hydroxyl groups excluding tert-OH is 3. The zero-order chi connectivity index (χ0) is 7.70. The van der Waals surface area contributed by atoms with Crippen LogP contribution in [0.5, 0.6) is 0 Å². The van der Waals surface area contributed by atoms with Gasteiger partial charge in [0.2, 0.25) is 0 Å². The van der Waals surface area contributed by atoms with E-state index in [1.54, 1.807) is 0 Å². The molecule has 0 atom stereocenters. The SMILES string of the molecule is OCC(O)CO.[Cl][Pd][Cl]. The maximum absolute atomic E-state index is 8.17. The van der Waals surface area contributed by atoms with Crippen molar-refractivity contribution >= 4 is 19.1 Å². The molecule has 0 aliphatic heterocycles. The van der Waals surface area contributed by atoms with Gasteiger partial charge in [0.05, 0.1) is 13.2 Å². The van der Waals surface area contributed by atoms with Crippen molar-refractivity contribution in [2.75, 3.05) is 13.2 Å². The van der Waals surface area contributed by atoms with Crippen molar-refractivity contribution in [3.8, 4) is 0 Å². The molecule has 0 rings (SSSR count). The van der Waals surface area contributed by atoms with Crippen molar-refractivity contribution in [2.45, 2.75) is 6.10 Å². The molecule has 0 heterocycles. The van der Waals surface area contributed by atoms with Crippen LogP contribution in [-0.2, 0) is 15.9 Å². The first kappa shape index (κ1) is 12.8. The fraction of sp³-hybridized carbons (Fsp3) is 1.00. The molecule has 62 valence electrons. The Labute approximate surface area is 69.7 Å². The van der Waals surface area contributed by atoms with Crippen molar-refractivity contribution < 1.29 is 31.3 Å². The van der Waals surface area contributed by atoms with Gasteiger partial charge < -0.3 is 15.3 Å². The van der Waals surface area contributed by atoms with E-state index < -0.39 is 6.10 Å². The quantitative estimate of drug-likeness (QED) is 0.604. The fourth-order valence-corrected chi connectivity index (χ4v) is 0.0577. The van der Waals surface area contributed by atoms with Crippen molar-refractivity contribution in [1.29, 1.82) is 0 Å². The normalized spacial score (nSPS) is 9.11. The van der Waals surface area contributed by atoms with E-state index in [0.717, 1.165) is 0 Å². The minimum atomic E-state index is -0.954. The van der Waals surface area contributed by atoms with Gasteiger partial charge in [-0.25, -0.2) is 0 Å². The van der Waals surface area contributed by atoms with Crippen molar-refractivity contribution in [1.82, 2.24) is 0 Å². The molecule has 3 N–H and O–H groups in total. The molecule has 0 aromatic heterocycles. The molecule has 9 heavy (non-hydrogen) atoms. The molecule has 0 aromatic rings. The van der Waals surface area contributed by atoms with E-state index in [4.69, 9.17) is 34.4 Å². The summed E-state index contributed by atoms with van der Waals surface area (Å²) in [5.41, 5.74) is 0. The standard InChI is InChI=1S/C3H8O3.2ClH.Pd/c4-1-3(6)2-5;;;/h3-6H,1-2H2;2*1H;/q;;;+2/p-2. The van der Waals surface area contributed by atoms with Gasteiger partial charge in [0.15, 0.2) is 0 Å². The zero-order valence-electron chi connectivity index (χ0n) is 4.41. The summed E-state index contributed by atoms with van der Waals surface area (Å²) in [5, 5.41) is 24.0. The molecule has 0 fully saturated rings. The van der Waals surface area contributed by atoms with Crippen LogP contribution in [0.2, 0.25) is 0 Å². The molecule has 0 bridgehead atoms. The number of halogens is 2. The van der Waals surface area contributed by atoms with E-state index in [9.17, 15) is 0 Å². The van der Waals surface area contributed by atoms with Crippen LogP contribution in [0.4, 0.5) is 0 Å². The third-order valence-electron chi connectivity index (χ3n) is 0.421. The van der Waals surface area contributed by atoms with Gasteiger partial charge in [-0.15, -0.1) is 0 Å². The minimum absolute atomic E-state index is 0.106. The van der Waals surface area contributed by atoms with Gasteiger partial charge in [0.25, 0.3) is 0 Å². The molecular weight excluding hydrogens is 261 g/mol. The van der Waals surface area contributed by atoms with Gasteiger partial charge in [-0.2, -0.15) is 0 Å². The number of rotatable bonds is 2. The molecule has 0 aliphatic carbocycles. The zero-order valence-corrected chi connectivity index (χ0v) is 7.47. The number of aliphatic hydroxyl groups is 3. The molecule has 0 radical (unpaired) electrons. The van der Waals surface area contributed by atoms with Crippen LogP contribution < -0.4 is 0 Å². The average Bonchev–Trinajstić information content (AvgIpc) is 1.88. The van der Waals surface area contributed by atoms with Gasteiger partial charge in [-0.05, 0) is 0 Å². The third-order valence-corrected chi connectivity index (χ3v) is 0.421. The summed E-state index contributed by atoms with van der Waals surface area (Å²) in [4.78, 5) is 0. The summed E-state index contributed by atoms with van der Waals surface area (Å²) in [6, 6.07) is 0. The first-order chi connectivity index (χ1) is 4.22.